The van der Waals surface area contributed by atoms with E-state index in [1.807, 2.05) is 0 Å². The minimum Gasteiger partial charge on any atom is -0.371 e. The molecule has 728 valence electrons. The Balaban J connectivity index is 0.000000127. The maximum Gasteiger partial charge on any atom is 0.160 e. The lowest BCUT2D eigenvalue weighted by Gasteiger charge is -2.60. The zero-order chi connectivity index (χ0) is 90.4. The number of hydrogen-bond donors (Lipinski definition) is 10. The Morgan fingerprint density at radius 2 is 0.832 bits per heavy atom. The normalized spacial score (nSPS) is 43.9. The van der Waals surface area contributed by atoms with Crippen molar-refractivity contribution in [3.63, 3.8) is 0 Å². The topological polar surface area (TPSA) is 295 Å². The van der Waals surface area contributed by atoms with Crippen molar-refractivity contribution >= 4 is 0 Å². The van der Waals surface area contributed by atoms with Crippen LogP contribution in [0.15, 0.2) is 0 Å². The largest absolute Gasteiger partial charge is 0.371 e. The fourth-order valence-electron chi connectivity index (χ4n) is 33.7. The lowest BCUT2D eigenvalue weighted by atomic mass is 9.46. The molecule has 16 bridgehead atoms. The van der Waals surface area contributed by atoms with E-state index in [1.165, 1.54) is 250 Å². The van der Waals surface area contributed by atoms with Crippen molar-refractivity contribution in [2.24, 2.45) is 166 Å². The maximum atomic E-state index is 9.76. The number of rotatable bonds is 18. The number of aliphatic hydroxyl groups is 10. The van der Waals surface area contributed by atoms with Gasteiger partial charge in [0.2, 0.25) is 0 Å². The van der Waals surface area contributed by atoms with Crippen LogP contribution in [0.3, 0.4) is 0 Å². The molecule has 3 saturated heterocycles. The Kier molecular flexibility index (Phi) is 35.7. The van der Waals surface area contributed by atoms with E-state index < -0.39 is 18.9 Å². The van der Waals surface area contributed by atoms with E-state index >= 15 is 0 Å². The highest BCUT2D eigenvalue weighted by Crippen LogP contribution is 2.67. The van der Waals surface area contributed by atoms with Crippen molar-refractivity contribution in [2.75, 3.05) is 87.2 Å². The summed E-state index contributed by atoms with van der Waals surface area (Å²) in [6, 6.07) is 0. The summed E-state index contributed by atoms with van der Waals surface area (Å²) in [4.78, 5) is 0. The van der Waals surface area contributed by atoms with Crippen molar-refractivity contribution < 1.29 is 98.4 Å². The van der Waals surface area contributed by atoms with Gasteiger partial charge >= 0.3 is 0 Å². The SMILES string of the molecule is CC1(C)CCC(C)(C)C1OCO.CC1(C)CCCC(C)(C)C1OCO.CC1(COCO)C2CC3CC(C2)CC1C3.CC1(COCO)CC2CCC1C2.CC1(COCO)CCCCC1.CC12C3CCC(C3)C1COC2O.CC12CCC(C1)C(C)(C)C2OCO.CC1CC2(CCCCC2)C(O)O1.OC1OCC2C3CCC(C3)C12.OCOCC12CC3CC(CC(C3)C1)C2. The Labute approximate surface area is 758 Å². The number of hydrogen-bond acceptors (Lipinski definition) is 20. The fourth-order valence-corrected chi connectivity index (χ4v) is 33.7. The molecular formula is C105H188O20. The van der Waals surface area contributed by atoms with Crippen LogP contribution in [-0.4, -0.2) is 182 Å². The van der Waals surface area contributed by atoms with Gasteiger partial charge < -0.3 is 98.4 Å². The number of aliphatic hydroxyl groups excluding tert-OH is 10. The molecule has 0 aromatic rings. The molecule has 0 amide bonds. The molecule has 10 N–H and O–H groups in total. The van der Waals surface area contributed by atoms with Crippen LogP contribution >= 0.6 is 0 Å². The summed E-state index contributed by atoms with van der Waals surface area (Å²) in [5.41, 5.74) is 3.24. The second-order valence-electron chi connectivity index (χ2n) is 50.6. The Hall–Kier alpha value is -0.800. The molecule has 125 heavy (non-hydrogen) atoms. The minimum absolute atomic E-state index is 0.0955. The van der Waals surface area contributed by atoms with Gasteiger partial charge in [-0.2, -0.15) is 0 Å². The van der Waals surface area contributed by atoms with Crippen LogP contribution in [0.25, 0.3) is 0 Å². The summed E-state index contributed by atoms with van der Waals surface area (Å²) >= 11 is 0. The minimum atomic E-state index is -0.479. The summed E-state index contributed by atoms with van der Waals surface area (Å²) in [7, 11) is 0. The first-order valence-electron chi connectivity index (χ1n) is 51.5. The summed E-state index contributed by atoms with van der Waals surface area (Å²) in [6.45, 7) is 39.7. The quantitative estimate of drug-likeness (QED) is 0.0571. The number of ether oxygens (including phenoxy) is 10. The Bertz CT molecular complexity index is 3120. The van der Waals surface area contributed by atoms with Crippen molar-refractivity contribution in [2.45, 2.75) is 411 Å². The van der Waals surface area contributed by atoms with Crippen LogP contribution in [0.1, 0.15) is 368 Å². The van der Waals surface area contributed by atoms with Crippen LogP contribution in [0, 0.1) is 166 Å². The first-order valence-corrected chi connectivity index (χ1v) is 51.5. The molecule has 18 unspecified atom stereocenters. The molecular weight excluding hydrogens is 1580 g/mol. The molecule has 20 heteroatoms. The van der Waals surface area contributed by atoms with Gasteiger partial charge in [0.1, 0.15) is 47.6 Å². The lowest BCUT2D eigenvalue weighted by molar-refractivity contribution is -0.162. The monoisotopic (exact) mass is 1770 g/mol. The zero-order valence-corrected chi connectivity index (χ0v) is 81.9. The molecule has 23 fully saturated rings. The van der Waals surface area contributed by atoms with Gasteiger partial charge in [-0.05, 0) is 361 Å². The second kappa shape index (κ2) is 43.3. The molecule has 0 aromatic heterocycles. The van der Waals surface area contributed by atoms with E-state index in [0.717, 1.165) is 129 Å². The Morgan fingerprint density at radius 1 is 0.344 bits per heavy atom. The summed E-state index contributed by atoms with van der Waals surface area (Å²) < 4.78 is 53.1. The summed E-state index contributed by atoms with van der Waals surface area (Å²) in [5.74, 6) is 14.6. The average Bonchev–Trinajstić information content (AvgIpc) is 1.57. The first-order chi connectivity index (χ1) is 59.1. The molecule has 0 radical (unpaired) electrons. The van der Waals surface area contributed by atoms with Crippen LogP contribution in [0.2, 0.25) is 0 Å². The summed E-state index contributed by atoms with van der Waals surface area (Å²) in [6.07, 6.45) is 52.7. The highest BCUT2D eigenvalue weighted by atomic mass is 16.6. The van der Waals surface area contributed by atoms with Crippen LogP contribution in [-0.2, 0) is 47.4 Å². The predicted octanol–water partition coefficient (Wildman–Crippen LogP) is 19.6. The van der Waals surface area contributed by atoms with Gasteiger partial charge in [0.25, 0.3) is 0 Å². The molecule has 0 aromatic carbocycles. The highest BCUT2D eigenvalue weighted by Gasteiger charge is 2.64. The van der Waals surface area contributed by atoms with Gasteiger partial charge in [-0.3, -0.25) is 0 Å². The van der Waals surface area contributed by atoms with E-state index in [1.54, 1.807) is 0 Å². The van der Waals surface area contributed by atoms with Crippen LogP contribution in [0.5, 0.6) is 0 Å². The fraction of sp³-hybridized carbons (Fsp3) is 1.00. The van der Waals surface area contributed by atoms with Gasteiger partial charge in [0, 0.05) is 16.7 Å². The first kappa shape index (κ1) is 103. The molecule has 23 rings (SSSR count). The van der Waals surface area contributed by atoms with E-state index in [2.05, 4.69) is 111 Å². The van der Waals surface area contributed by atoms with Crippen molar-refractivity contribution in [1.29, 1.82) is 0 Å². The third-order valence-corrected chi connectivity index (χ3v) is 39.4. The van der Waals surface area contributed by atoms with Crippen molar-refractivity contribution in [3.05, 3.63) is 0 Å². The van der Waals surface area contributed by atoms with E-state index in [9.17, 15) is 15.3 Å². The van der Waals surface area contributed by atoms with E-state index in [4.69, 9.17) is 83.1 Å². The molecule has 20 aliphatic carbocycles. The van der Waals surface area contributed by atoms with Gasteiger partial charge in [0.05, 0.1) is 64.1 Å². The van der Waals surface area contributed by atoms with Crippen LogP contribution in [0.4, 0.5) is 0 Å². The zero-order valence-electron chi connectivity index (χ0n) is 81.9. The average molecular weight is 1770 g/mol. The molecule has 1 spiro atoms. The molecule has 20 nitrogen and oxygen atoms in total. The maximum absolute atomic E-state index is 9.76. The second-order valence-corrected chi connectivity index (χ2v) is 50.6. The molecule has 23 aliphatic rings. The Morgan fingerprint density at radius 3 is 1.32 bits per heavy atom. The molecule has 18 atom stereocenters. The molecule has 3 heterocycles. The standard InChI is InChI=1S/C13H22O2.C12H20O2.C11H20O2.C11H22O2.C10H16O2.2C10H18O2.C10H20O2.C9H14O2.C9H18O2/c1-13(7-15-8-14)11-3-9-2-10(5-11)6-12(13)4-9;13-8-14-7-12-4-9-1-10(5-12)3-11(2-9)6-12;1-10(2)8-4-5-11(3,6-8)9(10)13-7-12;1-10(2)6-5-7-11(3,4)9(10)13-8-12;1-10-7-3-2-6(4-7)8(10)5-12-9(10)11;1-10(6-12-7-11)5-8-2-3-9(10)4-8;1-8-7-10(9(11)12-8)5-3-2-4-6-10;1-9(2)5-6-10(3,4)8(9)12-7-11;10-9-8-6-2-1-5(3-6)7(8)4-11-9;1-9(7-11-8-10)5-3-2-4-6-9/h9-12,14H,2-8H2,1H3;9-11,13H,1-8H2;8-9,12H,4-7H2,1-3H3;9,12H,5-8H2,1-4H3;6-9,11H,2-5H2,1H3;2*8-9,11H,2-7H2,1H3;8,11H,5-7H2,1-4H3;5-10H,1-4H2;10H,2-8H2,1H3. The summed E-state index contributed by atoms with van der Waals surface area (Å²) in [5, 5.41) is 90.2. The highest BCUT2D eigenvalue weighted by molar-refractivity contribution is 5.12. The van der Waals surface area contributed by atoms with Gasteiger partial charge in [-0.15, -0.1) is 0 Å². The van der Waals surface area contributed by atoms with Crippen molar-refractivity contribution in [1.82, 2.24) is 0 Å². The van der Waals surface area contributed by atoms with Crippen LogP contribution < -0.4 is 0 Å². The van der Waals surface area contributed by atoms with E-state index in [0.29, 0.717) is 44.8 Å². The van der Waals surface area contributed by atoms with Gasteiger partial charge in [-0.25, -0.2) is 0 Å². The third kappa shape index (κ3) is 23.7. The lowest BCUT2D eigenvalue weighted by Crippen LogP contribution is -2.53. The molecule has 3 aliphatic heterocycles. The van der Waals surface area contributed by atoms with Gasteiger partial charge in [-0.1, -0.05) is 155 Å². The van der Waals surface area contributed by atoms with Gasteiger partial charge in [0.15, 0.2) is 18.9 Å². The smallest absolute Gasteiger partial charge is 0.160 e. The predicted molar refractivity (Wildman–Crippen MR) is 487 cm³/mol. The van der Waals surface area contributed by atoms with E-state index in [-0.39, 0.29) is 110 Å². The third-order valence-electron chi connectivity index (χ3n) is 39.4. The number of fused-ring (bicyclic) bond motifs is 14. The van der Waals surface area contributed by atoms with Crippen molar-refractivity contribution in [3.8, 4) is 0 Å². The molecule has 20 saturated carbocycles.